The van der Waals surface area contributed by atoms with Crippen LogP contribution >= 0.6 is 0 Å². The maximum atomic E-state index is 4.74. The molecule has 260 valence electrons. The van der Waals surface area contributed by atoms with Crippen LogP contribution in [0.25, 0.3) is 65.2 Å². The summed E-state index contributed by atoms with van der Waals surface area (Å²) in [5.41, 5.74) is 6.02. The summed E-state index contributed by atoms with van der Waals surface area (Å²) in [5.74, 6) is 0. The molecule has 0 aliphatic carbocycles. The van der Waals surface area contributed by atoms with Gasteiger partial charge in [-0.05, 0) is 141 Å². The van der Waals surface area contributed by atoms with E-state index >= 15 is 0 Å². The lowest BCUT2D eigenvalue weighted by Gasteiger charge is -2.06. The van der Waals surface area contributed by atoms with E-state index < -0.39 is 0 Å². The van der Waals surface area contributed by atoms with Crippen molar-refractivity contribution in [2.24, 2.45) is 0 Å². The van der Waals surface area contributed by atoms with E-state index in [1.54, 1.807) is 0 Å². The zero-order chi connectivity index (χ0) is 35.5. The van der Waals surface area contributed by atoms with Crippen molar-refractivity contribution in [2.45, 2.75) is 78.1 Å². The topological polar surface area (TPSA) is 51.6 Å². The quantitative estimate of drug-likeness (QED) is 0.135. The molecule has 12 bridgehead atoms. The fraction of sp³-hybridized carbons (Fsp3) is 0.250. The Morgan fingerprint density at radius 1 is 0.308 bits per heavy atom. The number of aryl methyl sites for hydroxylation is 2. The average Bonchev–Trinajstić information content (AvgIpc) is 3.19. The molecule has 0 aliphatic heterocycles. The highest BCUT2D eigenvalue weighted by Gasteiger charge is 2.03. The summed E-state index contributed by atoms with van der Waals surface area (Å²) in [6.07, 6.45) is 12.0. The Kier molecular flexibility index (Phi) is 11.5. The van der Waals surface area contributed by atoms with Crippen LogP contribution in [0, 0.1) is 0 Å². The van der Waals surface area contributed by atoms with E-state index in [9.17, 15) is 0 Å². The minimum absolute atomic E-state index is 0.832. The van der Waals surface area contributed by atoms with Gasteiger partial charge in [0.05, 0.1) is 22.1 Å². The van der Waals surface area contributed by atoms with E-state index in [1.165, 1.54) is 84.0 Å². The number of aromatic nitrogens is 4. The van der Waals surface area contributed by atoms with Crippen LogP contribution in [0.15, 0.2) is 133 Å². The van der Waals surface area contributed by atoms with Crippen LogP contribution in [0.2, 0.25) is 0 Å². The van der Waals surface area contributed by atoms with Crippen LogP contribution in [0.4, 0.5) is 0 Å². The summed E-state index contributed by atoms with van der Waals surface area (Å²) >= 11 is 0. The first-order chi connectivity index (χ1) is 25.6. The monoisotopic (exact) mass is 680 g/mol. The molecule has 0 amide bonds. The third-order valence-corrected chi connectivity index (χ3v) is 9.90. The highest BCUT2D eigenvalue weighted by molar-refractivity contribution is 5.95. The van der Waals surface area contributed by atoms with Gasteiger partial charge in [-0.3, -0.25) is 0 Å². The van der Waals surface area contributed by atoms with Gasteiger partial charge in [-0.1, -0.05) is 125 Å². The molecule has 0 fully saturated rings. The zero-order valence-corrected chi connectivity index (χ0v) is 30.6. The lowest BCUT2D eigenvalue weighted by Crippen LogP contribution is -1.87. The fourth-order valence-corrected chi connectivity index (χ4v) is 7.07. The molecule has 0 unspecified atom stereocenters. The molecule has 1 heterocycles. The van der Waals surface area contributed by atoms with Gasteiger partial charge < -0.3 is 0 Å². The Morgan fingerprint density at radius 3 is 0.904 bits per heavy atom. The number of nitrogens with zero attached hydrogens (tertiary/aromatic N) is 4. The van der Waals surface area contributed by atoms with Gasteiger partial charge in [0.1, 0.15) is 0 Å². The van der Waals surface area contributed by atoms with Gasteiger partial charge >= 0.3 is 0 Å². The smallest absolute Gasteiger partial charge is 0.0863 e. The Labute approximate surface area is 307 Å². The van der Waals surface area contributed by atoms with E-state index in [0.717, 1.165) is 56.5 Å². The van der Waals surface area contributed by atoms with Gasteiger partial charge in [0.25, 0.3) is 0 Å². The summed E-state index contributed by atoms with van der Waals surface area (Å²) in [7, 11) is 0. The molecule has 0 saturated carbocycles. The highest BCUT2D eigenvalue weighted by Crippen LogP contribution is 2.25. The van der Waals surface area contributed by atoms with E-state index in [2.05, 4.69) is 123 Å². The number of rotatable bonds is 10. The van der Waals surface area contributed by atoms with E-state index in [-0.39, 0.29) is 0 Å². The minimum Gasteiger partial charge on any atom is -0.151 e. The molecule has 0 N–H and O–H groups in total. The van der Waals surface area contributed by atoms with Gasteiger partial charge in [-0.25, -0.2) is 0 Å². The van der Waals surface area contributed by atoms with Crippen molar-refractivity contribution in [3.05, 3.63) is 145 Å². The summed E-state index contributed by atoms with van der Waals surface area (Å²) in [4.78, 5) is 0. The van der Waals surface area contributed by atoms with Crippen molar-refractivity contribution in [2.75, 3.05) is 0 Å². The average molecular weight is 681 g/mol. The predicted octanol–water partition coefficient (Wildman–Crippen LogP) is 13.2. The standard InChI is InChI=1S/C48H48N4/c1-3-5-7-9-15-35-25-41-29-42(26-35)38-18-12-22-46(32-38)50-52-48-24-14-20-40(34-48)44-28-36(16-10-8-6-4-2)27-43(30-44)39-19-13-23-47(33-39)51-49-45-21-11-17-37(41)31-45/h11-14,17-34H,3-10,15-16H2,1-2H3. The zero-order valence-electron chi connectivity index (χ0n) is 30.6. The maximum Gasteiger partial charge on any atom is 0.0863 e. The molecule has 4 heteroatoms. The van der Waals surface area contributed by atoms with Crippen LogP contribution in [-0.4, -0.2) is 20.4 Å². The maximum absolute atomic E-state index is 4.74. The molecular weight excluding hydrogens is 633 g/mol. The fourth-order valence-electron chi connectivity index (χ4n) is 7.07. The Morgan fingerprint density at radius 2 is 0.615 bits per heavy atom. The highest BCUT2D eigenvalue weighted by atomic mass is 15.1. The van der Waals surface area contributed by atoms with Crippen molar-refractivity contribution >= 4 is 65.2 Å². The van der Waals surface area contributed by atoms with Crippen LogP contribution < -0.4 is 0 Å². The Bertz CT molecular complexity index is 2190. The van der Waals surface area contributed by atoms with E-state index in [0.29, 0.717) is 0 Å². The molecule has 7 aromatic rings. The molecule has 52 heavy (non-hydrogen) atoms. The lowest BCUT2D eigenvalue weighted by atomic mass is 10.00. The third kappa shape index (κ3) is 9.05. The first-order valence-corrected chi connectivity index (χ1v) is 19.2. The van der Waals surface area contributed by atoms with Crippen LogP contribution in [0.3, 0.4) is 0 Å². The second-order valence-electron chi connectivity index (χ2n) is 14.1. The number of hydrogen-bond donors (Lipinski definition) is 0. The molecule has 4 nitrogen and oxygen atoms in total. The Hall–Kier alpha value is -5.48. The molecule has 0 aliphatic rings. The molecule has 7 rings (SSSR count). The predicted molar refractivity (Wildman–Crippen MR) is 222 cm³/mol. The van der Waals surface area contributed by atoms with Crippen molar-refractivity contribution in [1.29, 1.82) is 0 Å². The van der Waals surface area contributed by atoms with Crippen LogP contribution in [0.1, 0.15) is 76.3 Å². The third-order valence-electron chi connectivity index (χ3n) is 9.90. The van der Waals surface area contributed by atoms with E-state index in [1.807, 2.05) is 24.3 Å². The summed E-state index contributed by atoms with van der Waals surface area (Å²) in [5, 5.41) is 28.2. The normalized spacial score (nSPS) is 11.3. The number of benzene rings is 6. The summed E-state index contributed by atoms with van der Waals surface area (Å²) in [6, 6.07) is 47.6. The largest absolute Gasteiger partial charge is 0.151 e. The van der Waals surface area contributed by atoms with Crippen LogP contribution in [0.5, 0.6) is 0 Å². The van der Waals surface area contributed by atoms with Gasteiger partial charge in [0.2, 0.25) is 0 Å². The van der Waals surface area contributed by atoms with Gasteiger partial charge in [0.15, 0.2) is 0 Å². The molecule has 0 radical (unpaired) electrons. The number of hydrogen-bond acceptors (Lipinski definition) is 4. The van der Waals surface area contributed by atoms with Crippen LogP contribution in [-0.2, 0) is 12.8 Å². The van der Waals surface area contributed by atoms with Crippen molar-refractivity contribution in [3.8, 4) is 0 Å². The van der Waals surface area contributed by atoms with Gasteiger partial charge in [-0.2, -0.15) is 20.4 Å². The molecular formula is C48H48N4. The van der Waals surface area contributed by atoms with Crippen molar-refractivity contribution < 1.29 is 0 Å². The molecule has 1 aromatic heterocycles. The number of unbranched alkanes of at least 4 members (excludes halogenated alkanes) is 6. The lowest BCUT2D eigenvalue weighted by molar-refractivity contribution is 0.667. The first-order valence-electron chi connectivity index (χ1n) is 19.2. The molecule has 0 spiro atoms. The molecule has 0 saturated heterocycles. The van der Waals surface area contributed by atoms with Gasteiger partial charge in [-0.15, -0.1) is 0 Å². The second-order valence-corrected chi connectivity index (χ2v) is 14.1. The van der Waals surface area contributed by atoms with Crippen molar-refractivity contribution in [1.82, 2.24) is 20.4 Å². The second kappa shape index (κ2) is 17.2. The molecule has 6 aromatic carbocycles. The summed E-state index contributed by atoms with van der Waals surface area (Å²) < 4.78 is 0. The first kappa shape index (κ1) is 34.9. The van der Waals surface area contributed by atoms with Crippen molar-refractivity contribution in [3.63, 3.8) is 0 Å². The SMILES string of the molecule is CCCCCCc1cc2cc(c1)c1cccc(c1)nnc1cccc(c1)c1cc(CCCCCC)cc(c1)c1cccc(c1)nnc1cccc2c1. The Balaban J connectivity index is 1.49. The molecule has 0 atom stereocenters. The number of fused-ring (bicyclic) bond motifs is 16. The van der Waals surface area contributed by atoms with E-state index in [4.69, 9.17) is 20.4 Å². The minimum atomic E-state index is 0.832. The summed E-state index contributed by atoms with van der Waals surface area (Å²) in [6.45, 7) is 4.53. The van der Waals surface area contributed by atoms with Gasteiger partial charge in [0, 0.05) is 0 Å².